The van der Waals surface area contributed by atoms with Gasteiger partial charge < -0.3 is 4.74 Å². The third-order valence-electron chi connectivity index (χ3n) is 3.73. The summed E-state index contributed by atoms with van der Waals surface area (Å²) in [7, 11) is 0. The summed E-state index contributed by atoms with van der Waals surface area (Å²) >= 11 is 10.2. The average Bonchev–Trinajstić information content (AvgIpc) is 2.69. The Bertz CT molecular complexity index is 1060. The molecule has 0 bridgehead atoms. The van der Waals surface area contributed by atoms with Crippen LogP contribution in [0.2, 0.25) is 5.15 Å². The van der Waals surface area contributed by atoms with E-state index in [1.165, 1.54) is 18.5 Å². The number of hydrogen-bond donors (Lipinski definition) is 1. The SMILES string of the molecule is O=C(NN=Cc1cc(I)c(OCc2ccccc2F)c(I)c1)c1cccnc1Cl. The fourth-order valence-corrected chi connectivity index (χ4v) is 4.67. The number of aromatic nitrogens is 1. The van der Waals surface area contributed by atoms with E-state index in [4.69, 9.17) is 16.3 Å². The third kappa shape index (κ3) is 5.86. The Morgan fingerprint density at radius 2 is 1.93 bits per heavy atom. The van der Waals surface area contributed by atoms with E-state index in [0.717, 1.165) is 12.7 Å². The van der Waals surface area contributed by atoms with Crippen molar-refractivity contribution >= 4 is 68.9 Å². The zero-order valence-corrected chi connectivity index (χ0v) is 19.8. The normalized spacial score (nSPS) is 10.9. The van der Waals surface area contributed by atoms with Crippen LogP contribution in [0.4, 0.5) is 4.39 Å². The summed E-state index contributed by atoms with van der Waals surface area (Å²) in [5, 5.41) is 4.08. The molecule has 0 spiro atoms. The lowest BCUT2D eigenvalue weighted by molar-refractivity contribution is 0.0955. The van der Waals surface area contributed by atoms with E-state index in [-0.39, 0.29) is 23.1 Å². The predicted octanol–water partition coefficient (Wildman–Crippen LogP) is 5.43. The summed E-state index contributed by atoms with van der Waals surface area (Å²) in [6.45, 7) is 0.133. The van der Waals surface area contributed by atoms with E-state index in [1.807, 2.05) is 12.1 Å². The number of benzene rings is 2. The zero-order chi connectivity index (χ0) is 20.8. The molecule has 0 radical (unpaired) electrons. The largest absolute Gasteiger partial charge is 0.487 e. The first-order valence-electron chi connectivity index (χ1n) is 8.25. The molecule has 0 aliphatic carbocycles. The molecule has 5 nitrogen and oxygen atoms in total. The molecule has 29 heavy (non-hydrogen) atoms. The highest BCUT2D eigenvalue weighted by Gasteiger charge is 2.11. The van der Waals surface area contributed by atoms with Crippen molar-refractivity contribution in [2.75, 3.05) is 0 Å². The maximum Gasteiger partial charge on any atom is 0.274 e. The van der Waals surface area contributed by atoms with Gasteiger partial charge in [0, 0.05) is 11.8 Å². The van der Waals surface area contributed by atoms with E-state index in [2.05, 4.69) is 60.7 Å². The summed E-state index contributed by atoms with van der Waals surface area (Å²) in [5.41, 5.74) is 3.93. The molecule has 3 rings (SSSR count). The number of carbonyl (C=O) groups excluding carboxylic acids is 1. The van der Waals surface area contributed by atoms with Crippen molar-refractivity contribution < 1.29 is 13.9 Å². The summed E-state index contributed by atoms with van der Waals surface area (Å²) < 4.78 is 21.3. The second-order valence-corrected chi connectivity index (χ2v) is 8.42. The Labute approximate surface area is 199 Å². The maximum absolute atomic E-state index is 13.8. The molecule has 3 aromatic rings. The Kier molecular flexibility index (Phi) is 7.78. The van der Waals surface area contributed by atoms with Gasteiger partial charge in [-0.1, -0.05) is 29.8 Å². The standard InChI is InChI=1S/C20H13ClFI2N3O2/c21-19-14(5-3-7-25-19)20(28)27-26-10-12-8-16(23)18(17(24)9-12)29-11-13-4-1-2-6-15(13)22/h1-10H,11H2,(H,27,28). The van der Waals surface area contributed by atoms with E-state index in [0.29, 0.717) is 11.3 Å². The van der Waals surface area contributed by atoms with Gasteiger partial charge in [0.2, 0.25) is 0 Å². The number of carbonyl (C=O) groups is 1. The molecule has 0 fully saturated rings. The number of rotatable bonds is 6. The van der Waals surface area contributed by atoms with Gasteiger partial charge in [0.15, 0.2) is 0 Å². The maximum atomic E-state index is 13.8. The zero-order valence-electron chi connectivity index (χ0n) is 14.7. The van der Waals surface area contributed by atoms with Crippen molar-refractivity contribution in [3.05, 3.63) is 89.5 Å². The molecule has 1 aromatic heterocycles. The van der Waals surface area contributed by atoms with E-state index in [1.54, 1.807) is 30.3 Å². The van der Waals surface area contributed by atoms with Crippen LogP contribution in [0.1, 0.15) is 21.5 Å². The van der Waals surface area contributed by atoms with Gasteiger partial charge in [0.25, 0.3) is 5.91 Å². The first kappa shape index (κ1) is 21.9. The fourth-order valence-electron chi connectivity index (χ4n) is 2.34. The molecule has 1 amide bonds. The Morgan fingerprint density at radius 3 is 2.62 bits per heavy atom. The van der Waals surface area contributed by atoms with E-state index < -0.39 is 5.91 Å². The fraction of sp³-hybridized carbons (Fsp3) is 0.0500. The van der Waals surface area contributed by atoms with Crippen molar-refractivity contribution in [1.82, 2.24) is 10.4 Å². The van der Waals surface area contributed by atoms with Crippen LogP contribution in [0.15, 0.2) is 59.8 Å². The Morgan fingerprint density at radius 1 is 1.21 bits per heavy atom. The second kappa shape index (κ2) is 10.3. The van der Waals surface area contributed by atoms with E-state index >= 15 is 0 Å². The van der Waals surface area contributed by atoms with Crippen LogP contribution < -0.4 is 10.2 Å². The lowest BCUT2D eigenvalue weighted by Gasteiger charge is -2.12. The summed E-state index contributed by atoms with van der Waals surface area (Å²) in [6.07, 6.45) is 3.02. The molecule has 0 saturated carbocycles. The van der Waals surface area contributed by atoms with Gasteiger partial charge in [-0.25, -0.2) is 14.8 Å². The molecule has 148 valence electrons. The van der Waals surface area contributed by atoms with Crippen molar-refractivity contribution in [2.24, 2.45) is 5.10 Å². The summed E-state index contributed by atoms with van der Waals surface area (Å²) in [5.74, 6) is -0.0860. The highest BCUT2D eigenvalue weighted by molar-refractivity contribution is 14.1. The molecular weight excluding hydrogens is 622 g/mol. The molecular formula is C20H13ClFI2N3O2. The predicted molar refractivity (Wildman–Crippen MR) is 127 cm³/mol. The molecule has 0 saturated heterocycles. The van der Waals surface area contributed by atoms with Crippen LogP contribution in [0.25, 0.3) is 0 Å². The highest BCUT2D eigenvalue weighted by Crippen LogP contribution is 2.29. The van der Waals surface area contributed by atoms with Gasteiger partial charge in [-0.3, -0.25) is 4.79 Å². The molecule has 0 aliphatic rings. The first-order valence-corrected chi connectivity index (χ1v) is 10.8. The van der Waals surface area contributed by atoms with Crippen LogP contribution in [0.3, 0.4) is 0 Å². The molecule has 0 atom stereocenters. The lowest BCUT2D eigenvalue weighted by atomic mass is 10.2. The van der Waals surface area contributed by atoms with Crippen molar-refractivity contribution in [3.63, 3.8) is 0 Å². The smallest absolute Gasteiger partial charge is 0.274 e. The Hall–Kier alpha value is -1.79. The van der Waals surface area contributed by atoms with Crippen LogP contribution in [0.5, 0.6) is 5.75 Å². The average molecular weight is 636 g/mol. The van der Waals surface area contributed by atoms with Gasteiger partial charge in [-0.15, -0.1) is 0 Å². The molecule has 1 heterocycles. The number of amides is 1. The Balaban J connectivity index is 1.67. The number of halogens is 4. The quantitative estimate of drug-likeness (QED) is 0.170. The number of ether oxygens (including phenoxy) is 1. The molecule has 9 heteroatoms. The molecule has 0 aliphatic heterocycles. The second-order valence-electron chi connectivity index (χ2n) is 5.73. The van der Waals surface area contributed by atoms with Gasteiger partial charge in [0.1, 0.15) is 23.3 Å². The van der Waals surface area contributed by atoms with Crippen LogP contribution in [-0.4, -0.2) is 17.1 Å². The lowest BCUT2D eigenvalue weighted by Crippen LogP contribution is -2.18. The minimum Gasteiger partial charge on any atom is -0.487 e. The van der Waals surface area contributed by atoms with Crippen LogP contribution in [-0.2, 0) is 6.61 Å². The van der Waals surface area contributed by atoms with Crippen molar-refractivity contribution in [1.29, 1.82) is 0 Å². The van der Waals surface area contributed by atoms with Crippen molar-refractivity contribution in [2.45, 2.75) is 6.61 Å². The van der Waals surface area contributed by atoms with E-state index in [9.17, 15) is 9.18 Å². The van der Waals surface area contributed by atoms with Gasteiger partial charge >= 0.3 is 0 Å². The van der Waals surface area contributed by atoms with Crippen LogP contribution in [0, 0.1) is 13.0 Å². The summed E-state index contributed by atoms with van der Waals surface area (Å²) in [6, 6.07) is 13.4. The van der Waals surface area contributed by atoms with Gasteiger partial charge in [0.05, 0.1) is 18.9 Å². The van der Waals surface area contributed by atoms with Gasteiger partial charge in [-0.05, 0) is 81.1 Å². The highest BCUT2D eigenvalue weighted by atomic mass is 127. The monoisotopic (exact) mass is 635 g/mol. The number of hydrogen-bond acceptors (Lipinski definition) is 4. The minimum atomic E-state index is -0.450. The summed E-state index contributed by atoms with van der Waals surface area (Å²) in [4.78, 5) is 15.9. The number of pyridine rings is 1. The molecule has 1 N–H and O–H groups in total. The molecule has 2 aromatic carbocycles. The third-order valence-corrected chi connectivity index (χ3v) is 5.64. The minimum absolute atomic E-state index is 0.112. The number of nitrogens with zero attached hydrogens (tertiary/aromatic N) is 2. The number of hydrazone groups is 1. The first-order chi connectivity index (χ1) is 14.0. The van der Waals surface area contributed by atoms with Gasteiger partial charge in [-0.2, -0.15) is 5.10 Å². The topological polar surface area (TPSA) is 63.6 Å². The molecule has 0 unspecified atom stereocenters. The van der Waals surface area contributed by atoms with Crippen molar-refractivity contribution in [3.8, 4) is 5.75 Å². The number of nitrogens with one attached hydrogen (secondary N) is 1. The van der Waals surface area contributed by atoms with Crippen LogP contribution >= 0.6 is 56.8 Å².